The molecule has 0 radical (unpaired) electrons. The summed E-state index contributed by atoms with van der Waals surface area (Å²) in [6.45, 7) is 1.99. The SMILES string of the molecule is C/C=C(\Nc1cccc(Cl)c1)c1nn(C)c2c1cnc1ccccc12. The van der Waals surface area contributed by atoms with Gasteiger partial charge in [-0.3, -0.25) is 9.67 Å². The maximum atomic E-state index is 6.09. The Labute approximate surface area is 150 Å². The molecule has 0 atom stereocenters. The zero-order chi connectivity index (χ0) is 17.4. The van der Waals surface area contributed by atoms with Crippen LogP contribution in [-0.4, -0.2) is 14.8 Å². The van der Waals surface area contributed by atoms with Crippen LogP contribution in [0.15, 0.2) is 60.8 Å². The number of hydrogen-bond acceptors (Lipinski definition) is 3. The third-order valence-corrected chi connectivity index (χ3v) is 4.46. The smallest absolute Gasteiger partial charge is 0.118 e. The molecule has 0 fully saturated rings. The van der Waals surface area contributed by atoms with E-state index in [9.17, 15) is 0 Å². The summed E-state index contributed by atoms with van der Waals surface area (Å²) in [7, 11) is 1.96. The van der Waals surface area contributed by atoms with Crippen molar-refractivity contribution in [1.29, 1.82) is 0 Å². The molecule has 5 heteroatoms. The van der Waals surface area contributed by atoms with Gasteiger partial charge in [-0.2, -0.15) is 5.10 Å². The van der Waals surface area contributed by atoms with Crippen molar-refractivity contribution in [3.05, 3.63) is 71.5 Å². The normalized spacial score (nSPS) is 12.0. The number of nitrogens with zero attached hydrogens (tertiary/aromatic N) is 3. The number of halogens is 1. The number of aryl methyl sites for hydroxylation is 1. The summed E-state index contributed by atoms with van der Waals surface area (Å²) in [4.78, 5) is 4.59. The Morgan fingerprint density at radius 1 is 1.12 bits per heavy atom. The third kappa shape index (κ3) is 2.75. The van der Waals surface area contributed by atoms with E-state index in [0.717, 1.165) is 38.9 Å². The second-order valence-electron chi connectivity index (χ2n) is 5.85. The molecule has 4 rings (SSSR count). The molecule has 4 aromatic rings. The monoisotopic (exact) mass is 348 g/mol. The average molecular weight is 349 g/mol. The van der Waals surface area contributed by atoms with Gasteiger partial charge in [0, 0.05) is 34.7 Å². The summed E-state index contributed by atoms with van der Waals surface area (Å²) in [5.74, 6) is 0. The van der Waals surface area contributed by atoms with Crippen LogP contribution in [0.5, 0.6) is 0 Å². The first-order chi connectivity index (χ1) is 12.2. The van der Waals surface area contributed by atoms with Crippen molar-refractivity contribution in [2.75, 3.05) is 5.32 Å². The minimum Gasteiger partial charge on any atom is -0.354 e. The summed E-state index contributed by atoms with van der Waals surface area (Å²) in [6.07, 6.45) is 3.90. The Kier molecular flexibility index (Phi) is 3.90. The molecule has 2 aromatic heterocycles. The molecule has 0 amide bonds. The van der Waals surface area contributed by atoms with E-state index in [-0.39, 0.29) is 0 Å². The molecular formula is C20H17ClN4. The van der Waals surface area contributed by atoms with Crippen LogP contribution in [0, 0.1) is 0 Å². The molecule has 124 valence electrons. The van der Waals surface area contributed by atoms with E-state index in [1.807, 2.05) is 73.4 Å². The lowest BCUT2D eigenvalue weighted by molar-refractivity contribution is 0.793. The molecule has 0 saturated carbocycles. The molecule has 0 bridgehead atoms. The van der Waals surface area contributed by atoms with Crippen LogP contribution in [0.3, 0.4) is 0 Å². The number of para-hydroxylation sites is 1. The molecule has 2 heterocycles. The largest absolute Gasteiger partial charge is 0.354 e. The predicted molar refractivity (Wildman–Crippen MR) is 105 cm³/mol. The minimum atomic E-state index is 0.694. The van der Waals surface area contributed by atoms with Crippen molar-refractivity contribution in [3.8, 4) is 0 Å². The fourth-order valence-electron chi connectivity index (χ4n) is 3.09. The number of pyridine rings is 1. The van der Waals surface area contributed by atoms with Crippen LogP contribution < -0.4 is 5.32 Å². The lowest BCUT2D eigenvalue weighted by Crippen LogP contribution is -2.00. The number of hydrogen-bond donors (Lipinski definition) is 1. The molecule has 2 aromatic carbocycles. The van der Waals surface area contributed by atoms with E-state index < -0.39 is 0 Å². The van der Waals surface area contributed by atoms with Gasteiger partial charge in [0.1, 0.15) is 5.69 Å². The maximum absolute atomic E-state index is 6.09. The second-order valence-corrected chi connectivity index (χ2v) is 6.28. The van der Waals surface area contributed by atoms with Gasteiger partial charge in [0.2, 0.25) is 0 Å². The summed E-state index contributed by atoms with van der Waals surface area (Å²) >= 11 is 6.09. The highest BCUT2D eigenvalue weighted by atomic mass is 35.5. The van der Waals surface area contributed by atoms with Gasteiger partial charge >= 0.3 is 0 Å². The van der Waals surface area contributed by atoms with Crippen molar-refractivity contribution < 1.29 is 0 Å². The number of rotatable bonds is 3. The Hall–Kier alpha value is -2.85. The Morgan fingerprint density at radius 2 is 1.96 bits per heavy atom. The van der Waals surface area contributed by atoms with Crippen LogP contribution in [-0.2, 0) is 7.05 Å². The number of anilines is 1. The zero-order valence-electron chi connectivity index (χ0n) is 14.0. The lowest BCUT2D eigenvalue weighted by Gasteiger charge is -2.09. The van der Waals surface area contributed by atoms with Crippen LogP contribution >= 0.6 is 11.6 Å². The maximum Gasteiger partial charge on any atom is 0.118 e. The van der Waals surface area contributed by atoms with E-state index in [1.165, 1.54) is 0 Å². The molecule has 0 saturated heterocycles. The average Bonchev–Trinajstić information content (AvgIpc) is 2.97. The topological polar surface area (TPSA) is 42.7 Å². The van der Waals surface area contributed by atoms with Crippen LogP contribution in [0.4, 0.5) is 5.69 Å². The number of benzene rings is 2. The molecular weight excluding hydrogens is 332 g/mol. The Morgan fingerprint density at radius 3 is 2.76 bits per heavy atom. The predicted octanol–water partition coefficient (Wildman–Crippen LogP) is 5.25. The van der Waals surface area contributed by atoms with E-state index in [4.69, 9.17) is 16.7 Å². The molecule has 0 aliphatic carbocycles. The summed E-state index contributed by atoms with van der Waals surface area (Å²) < 4.78 is 1.91. The van der Waals surface area contributed by atoms with E-state index in [0.29, 0.717) is 5.02 Å². The number of allylic oxidation sites excluding steroid dienone is 1. The quantitative estimate of drug-likeness (QED) is 0.550. The van der Waals surface area contributed by atoms with Gasteiger partial charge in [-0.25, -0.2) is 0 Å². The van der Waals surface area contributed by atoms with Crippen LogP contribution in [0.1, 0.15) is 12.6 Å². The van der Waals surface area contributed by atoms with Crippen LogP contribution in [0.25, 0.3) is 27.5 Å². The van der Waals surface area contributed by atoms with E-state index >= 15 is 0 Å². The fraction of sp³-hybridized carbons (Fsp3) is 0.100. The Bertz CT molecular complexity index is 1110. The first-order valence-corrected chi connectivity index (χ1v) is 8.45. The first-order valence-electron chi connectivity index (χ1n) is 8.07. The van der Waals surface area contributed by atoms with Gasteiger partial charge in [0.05, 0.1) is 16.7 Å². The first kappa shape index (κ1) is 15.7. The summed E-state index contributed by atoms with van der Waals surface area (Å²) in [5.41, 5.74) is 4.76. The van der Waals surface area contributed by atoms with Gasteiger partial charge in [-0.1, -0.05) is 41.9 Å². The Balaban J connectivity index is 1.86. The third-order valence-electron chi connectivity index (χ3n) is 4.22. The molecule has 4 nitrogen and oxygen atoms in total. The molecule has 0 aliphatic rings. The zero-order valence-corrected chi connectivity index (χ0v) is 14.7. The fourth-order valence-corrected chi connectivity index (χ4v) is 3.28. The van der Waals surface area contributed by atoms with Crippen molar-refractivity contribution in [3.63, 3.8) is 0 Å². The molecule has 25 heavy (non-hydrogen) atoms. The summed E-state index contributed by atoms with van der Waals surface area (Å²) in [6, 6.07) is 15.8. The highest BCUT2D eigenvalue weighted by Crippen LogP contribution is 2.30. The molecule has 0 aliphatic heterocycles. The van der Waals surface area contributed by atoms with Crippen molar-refractivity contribution in [2.24, 2.45) is 7.05 Å². The minimum absolute atomic E-state index is 0.694. The van der Waals surface area contributed by atoms with Gasteiger partial charge in [0.15, 0.2) is 0 Å². The number of aromatic nitrogens is 3. The van der Waals surface area contributed by atoms with Crippen molar-refractivity contribution in [1.82, 2.24) is 14.8 Å². The van der Waals surface area contributed by atoms with Gasteiger partial charge in [-0.15, -0.1) is 0 Å². The van der Waals surface area contributed by atoms with Crippen LogP contribution in [0.2, 0.25) is 5.02 Å². The van der Waals surface area contributed by atoms with Gasteiger partial charge < -0.3 is 5.32 Å². The number of nitrogens with one attached hydrogen (secondary N) is 1. The molecule has 0 spiro atoms. The lowest BCUT2D eigenvalue weighted by atomic mass is 10.1. The van der Waals surface area contributed by atoms with Crippen molar-refractivity contribution in [2.45, 2.75) is 6.92 Å². The summed E-state index contributed by atoms with van der Waals surface area (Å²) in [5, 5.41) is 11.0. The molecule has 0 unspecified atom stereocenters. The molecule has 1 N–H and O–H groups in total. The van der Waals surface area contributed by atoms with Gasteiger partial charge in [0.25, 0.3) is 0 Å². The van der Waals surface area contributed by atoms with Gasteiger partial charge in [-0.05, 0) is 31.2 Å². The van der Waals surface area contributed by atoms with E-state index in [2.05, 4.69) is 16.4 Å². The number of fused-ring (bicyclic) bond motifs is 3. The van der Waals surface area contributed by atoms with E-state index in [1.54, 1.807) is 0 Å². The highest BCUT2D eigenvalue weighted by Gasteiger charge is 2.15. The van der Waals surface area contributed by atoms with Crippen molar-refractivity contribution >= 4 is 44.8 Å². The second kappa shape index (κ2) is 6.22. The standard InChI is InChI=1S/C20H17ClN4/c1-3-17(23-14-8-6-7-13(21)11-14)19-16-12-22-18-10-5-4-9-15(18)20(16)25(2)24-19/h3-12,23H,1-2H3/b17-3-. The highest BCUT2D eigenvalue weighted by molar-refractivity contribution is 6.30.